The number of carbonyl (C=O) groups excluding carboxylic acids is 1. The summed E-state index contributed by atoms with van der Waals surface area (Å²) < 4.78 is 33.2. The molecule has 0 radical (unpaired) electrons. The van der Waals surface area contributed by atoms with Crippen LogP contribution in [0, 0.1) is 0 Å². The molecule has 7 heteroatoms. The summed E-state index contributed by atoms with van der Waals surface area (Å²) in [6, 6.07) is 5.33. The fraction of sp³-hybridized carbons (Fsp3) is 0.611. The van der Waals surface area contributed by atoms with Crippen molar-refractivity contribution in [1.29, 1.82) is 0 Å². The van der Waals surface area contributed by atoms with Gasteiger partial charge in [0.15, 0.2) is 0 Å². The molecule has 0 atom stereocenters. The third kappa shape index (κ3) is 4.33. The largest absolute Gasteiger partial charge is 0.495 e. The topological polar surface area (TPSA) is 66.9 Å². The van der Waals surface area contributed by atoms with Gasteiger partial charge in [0.2, 0.25) is 15.9 Å². The minimum absolute atomic E-state index is 0.0217. The van der Waals surface area contributed by atoms with Crippen molar-refractivity contribution in [3.63, 3.8) is 0 Å². The molecule has 1 aliphatic heterocycles. The molecular weight excluding hydrogens is 340 g/mol. The number of amides is 1. The van der Waals surface area contributed by atoms with E-state index >= 15 is 0 Å². The Morgan fingerprint density at radius 1 is 1.12 bits per heavy atom. The summed E-state index contributed by atoms with van der Waals surface area (Å²) in [6.07, 6.45) is 0.625. The molecule has 0 spiro atoms. The fourth-order valence-electron chi connectivity index (χ4n) is 2.93. The quantitative estimate of drug-likeness (QED) is 0.821. The van der Waals surface area contributed by atoms with Crippen molar-refractivity contribution in [3.8, 4) is 5.75 Å². The zero-order chi connectivity index (χ0) is 18.8. The van der Waals surface area contributed by atoms with Crippen LogP contribution in [0.2, 0.25) is 0 Å². The molecule has 0 aromatic heterocycles. The lowest BCUT2D eigenvalue weighted by Crippen LogP contribution is -2.36. The van der Waals surface area contributed by atoms with Gasteiger partial charge in [0.05, 0.1) is 7.11 Å². The molecule has 0 N–H and O–H groups in total. The number of sulfonamides is 1. The highest BCUT2D eigenvalue weighted by molar-refractivity contribution is 7.89. The molecule has 1 saturated heterocycles. The van der Waals surface area contributed by atoms with Crippen molar-refractivity contribution in [2.75, 3.05) is 33.3 Å². The maximum Gasteiger partial charge on any atom is 0.246 e. The van der Waals surface area contributed by atoms with Crippen LogP contribution in [0.1, 0.15) is 39.7 Å². The number of rotatable bonds is 3. The van der Waals surface area contributed by atoms with Gasteiger partial charge in [-0.05, 0) is 29.5 Å². The maximum absolute atomic E-state index is 13.2. The molecular formula is C18H28N2O4S. The van der Waals surface area contributed by atoms with Crippen LogP contribution in [0.5, 0.6) is 5.75 Å². The summed E-state index contributed by atoms with van der Waals surface area (Å²) in [6.45, 7) is 9.34. The highest BCUT2D eigenvalue weighted by atomic mass is 32.2. The number of methoxy groups -OCH3 is 1. The minimum Gasteiger partial charge on any atom is -0.495 e. The first-order valence-electron chi connectivity index (χ1n) is 8.51. The zero-order valence-electron chi connectivity index (χ0n) is 15.7. The van der Waals surface area contributed by atoms with E-state index in [1.807, 2.05) is 26.8 Å². The second-order valence-electron chi connectivity index (χ2n) is 7.38. The predicted molar refractivity (Wildman–Crippen MR) is 97.3 cm³/mol. The van der Waals surface area contributed by atoms with Crippen molar-refractivity contribution in [3.05, 3.63) is 23.8 Å². The predicted octanol–water partition coefficient (Wildman–Crippen LogP) is 2.24. The number of hydrogen-bond donors (Lipinski definition) is 0. The molecule has 1 aliphatic rings. The molecule has 0 aliphatic carbocycles. The van der Waals surface area contributed by atoms with Crippen LogP contribution in [0.4, 0.5) is 0 Å². The fourth-order valence-corrected chi connectivity index (χ4v) is 4.58. The standard InChI is InChI=1S/C18H28N2O4S/c1-14(21)19-9-6-10-20(12-11-19)25(22,23)17-13-15(18(2,3)4)7-8-16(17)24-5/h7-8,13H,6,9-12H2,1-5H3. The van der Waals surface area contributed by atoms with E-state index in [4.69, 9.17) is 4.74 Å². The van der Waals surface area contributed by atoms with Gasteiger partial charge in [-0.15, -0.1) is 0 Å². The van der Waals surface area contributed by atoms with E-state index in [9.17, 15) is 13.2 Å². The summed E-state index contributed by atoms with van der Waals surface area (Å²) in [5, 5.41) is 0. The average Bonchev–Trinajstić information content (AvgIpc) is 2.80. The van der Waals surface area contributed by atoms with Crippen LogP contribution in [0.15, 0.2) is 23.1 Å². The van der Waals surface area contributed by atoms with Crippen molar-refractivity contribution < 1.29 is 17.9 Å². The van der Waals surface area contributed by atoms with Crippen LogP contribution < -0.4 is 4.74 Å². The van der Waals surface area contributed by atoms with Crippen LogP contribution in [-0.2, 0) is 20.2 Å². The first kappa shape index (κ1) is 19.7. The summed E-state index contributed by atoms with van der Waals surface area (Å²) >= 11 is 0. The lowest BCUT2D eigenvalue weighted by molar-refractivity contribution is -0.128. The highest BCUT2D eigenvalue weighted by Gasteiger charge is 2.31. The number of benzene rings is 1. The van der Waals surface area contributed by atoms with Gasteiger partial charge in [0.25, 0.3) is 0 Å². The number of nitrogens with zero attached hydrogens (tertiary/aromatic N) is 2. The molecule has 2 rings (SSSR count). The van der Waals surface area contributed by atoms with Crippen LogP contribution >= 0.6 is 0 Å². The molecule has 25 heavy (non-hydrogen) atoms. The van der Waals surface area contributed by atoms with E-state index < -0.39 is 10.0 Å². The Kier molecular flexibility index (Phi) is 5.79. The Balaban J connectivity index is 2.40. The Hall–Kier alpha value is -1.60. The monoisotopic (exact) mass is 368 g/mol. The van der Waals surface area contributed by atoms with E-state index in [0.29, 0.717) is 38.3 Å². The molecule has 1 heterocycles. The molecule has 6 nitrogen and oxygen atoms in total. The van der Waals surface area contributed by atoms with Crippen LogP contribution in [-0.4, -0.2) is 56.8 Å². The third-order valence-electron chi connectivity index (χ3n) is 4.55. The minimum atomic E-state index is -3.69. The van der Waals surface area contributed by atoms with Crippen LogP contribution in [0.3, 0.4) is 0 Å². The van der Waals surface area contributed by atoms with E-state index in [-0.39, 0.29) is 16.2 Å². The van der Waals surface area contributed by atoms with Crippen molar-refractivity contribution in [2.24, 2.45) is 0 Å². The first-order chi connectivity index (χ1) is 11.6. The summed E-state index contributed by atoms with van der Waals surface area (Å²) in [5.74, 6) is 0.326. The summed E-state index contributed by atoms with van der Waals surface area (Å²) in [7, 11) is -2.21. The highest BCUT2D eigenvalue weighted by Crippen LogP contribution is 2.32. The zero-order valence-corrected chi connectivity index (χ0v) is 16.5. The van der Waals surface area contributed by atoms with Gasteiger partial charge < -0.3 is 9.64 Å². The normalized spacial score (nSPS) is 17.2. The van der Waals surface area contributed by atoms with Crippen molar-refractivity contribution >= 4 is 15.9 Å². The Labute approximate surface area is 150 Å². The van der Waals surface area contributed by atoms with Gasteiger partial charge in [-0.25, -0.2) is 8.42 Å². The van der Waals surface area contributed by atoms with Gasteiger partial charge in [-0.2, -0.15) is 4.31 Å². The number of hydrogen-bond acceptors (Lipinski definition) is 4. The molecule has 1 aromatic carbocycles. The maximum atomic E-state index is 13.2. The van der Waals surface area contributed by atoms with Gasteiger partial charge in [-0.3, -0.25) is 4.79 Å². The van der Waals surface area contributed by atoms with Crippen molar-refractivity contribution in [1.82, 2.24) is 9.21 Å². The van der Waals surface area contributed by atoms with E-state index in [0.717, 1.165) is 5.56 Å². The third-order valence-corrected chi connectivity index (χ3v) is 6.47. The Bertz CT molecular complexity index is 738. The smallest absolute Gasteiger partial charge is 0.246 e. The van der Waals surface area contributed by atoms with Crippen LogP contribution in [0.25, 0.3) is 0 Å². The summed E-state index contributed by atoms with van der Waals surface area (Å²) in [4.78, 5) is 13.5. The molecule has 1 aromatic rings. The molecule has 140 valence electrons. The Morgan fingerprint density at radius 3 is 2.36 bits per heavy atom. The van der Waals surface area contributed by atoms with Gasteiger partial charge in [0, 0.05) is 33.1 Å². The lowest BCUT2D eigenvalue weighted by atomic mass is 9.87. The van der Waals surface area contributed by atoms with Crippen molar-refractivity contribution in [2.45, 2.75) is 44.4 Å². The Morgan fingerprint density at radius 2 is 1.80 bits per heavy atom. The second kappa shape index (κ2) is 7.33. The van der Waals surface area contributed by atoms with E-state index in [1.54, 1.807) is 17.0 Å². The molecule has 0 unspecified atom stereocenters. The molecule has 1 amide bonds. The van der Waals surface area contributed by atoms with E-state index in [2.05, 4.69) is 0 Å². The SMILES string of the molecule is COc1ccc(C(C)(C)C)cc1S(=O)(=O)N1CCCN(C(C)=O)CC1. The number of ether oxygens (including phenoxy) is 1. The van der Waals surface area contributed by atoms with E-state index in [1.165, 1.54) is 18.3 Å². The molecule has 0 saturated carbocycles. The number of carbonyl (C=O) groups is 1. The van der Waals surface area contributed by atoms with Gasteiger partial charge in [0.1, 0.15) is 10.6 Å². The summed E-state index contributed by atoms with van der Waals surface area (Å²) in [5.41, 5.74) is 0.771. The molecule has 0 bridgehead atoms. The van der Waals surface area contributed by atoms with Gasteiger partial charge in [-0.1, -0.05) is 26.8 Å². The van der Waals surface area contributed by atoms with Gasteiger partial charge >= 0.3 is 0 Å². The molecule has 1 fully saturated rings. The first-order valence-corrected chi connectivity index (χ1v) is 9.95. The lowest BCUT2D eigenvalue weighted by Gasteiger charge is -2.24. The average molecular weight is 368 g/mol. The second-order valence-corrected chi connectivity index (χ2v) is 9.29.